The molecule has 1 amide bonds. The van der Waals surface area contributed by atoms with Gasteiger partial charge < -0.3 is 15.8 Å². The lowest BCUT2D eigenvalue weighted by Gasteiger charge is -2.11. The van der Waals surface area contributed by atoms with Gasteiger partial charge in [0.25, 0.3) is 5.91 Å². The predicted molar refractivity (Wildman–Crippen MR) is 65.9 cm³/mol. The molecule has 1 unspecified atom stereocenters. The highest BCUT2D eigenvalue weighted by atomic mass is 16.5. The summed E-state index contributed by atoms with van der Waals surface area (Å²) >= 11 is 0. The molecule has 6 heteroatoms. The molecular weight excluding hydrogens is 220 g/mol. The molecule has 0 saturated carbocycles. The first-order valence-electron chi connectivity index (χ1n) is 5.60. The van der Waals surface area contributed by atoms with Crippen molar-refractivity contribution in [1.82, 2.24) is 15.5 Å². The minimum atomic E-state index is -0.282. The predicted octanol–water partition coefficient (Wildman–Crippen LogP) is 0.880. The third-order valence-corrected chi connectivity index (χ3v) is 2.42. The van der Waals surface area contributed by atoms with Crippen LogP contribution in [0.15, 0.2) is 0 Å². The lowest BCUT2D eigenvalue weighted by molar-refractivity contribution is 0.0901. The van der Waals surface area contributed by atoms with Crippen LogP contribution in [0.25, 0.3) is 0 Å². The zero-order chi connectivity index (χ0) is 13.0. The van der Waals surface area contributed by atoms with Crippen LogP contribution in [-0.2, 0) is 4.74 Å². The second-order valence-corrected chi connectivity index (χ2v) is 4.38. The Morgan fingerprint density at radius 3 is 2.65 bits per heavy atom. The van der Waals surface area contributed by atoms with Crippen LogP contribution >= 0.6 is 0 Å². The Labute approximate surface area is 101 Å². The second kappa shape index (κ2) is 5.67. The van der Waals surface area contributed by atoms with E-state index in [0.717, 1.165) is 5.69 Å². The number of H-pyrrole nitrogens is 1. The molecule has 96 valence electrons. The zero-order valence-corrected chi connectivity index (χ0v) is 10.7. The van der Waals surface area contributed by atoms with Crippen molar-refractivity contribution in [2.75, 3.05) is 19.5 Å². The van der Waals surface area contributed by atoms with E-state index >= 15 is 0 Å². The number of hydrogen-bond donors (Lipinski definition) is 3. The van der Waals surface area contributed by atoms with Crippen molar-refractivity contribution in [3.05, 3.63) is 11.4 Å². The molecule has 17 heavy (non-hydrogen) atoms. The van der Waals surface area contributed by atoms with Crippen LogP contribution in [0.3, 0.4) is 0 Å². The number of hydrogen-bond acceptors (Lipinski definition) is 4. The van der Waals surface area contributed by atoms with E-state index in [1.165, 1.54) is 0 Å². The van der Waals surface area contributed by atoms with E-state index in [9.17, 15) is 4.79 Å². The van der Waals surface area contributed by atoms with Gasteiger partial charge in [0.2, 0.25) is 0 Å². The number of rotatable bonds is 5. The summed E-state index contributed by atoms with van der Waals surface area (Å²) in [5, 5.41) is 9.50. The Morgan fingerprint density at radius 1 is 1.53 bits per heavy atom. The molecule has 0 fully saturated rings. The van der Waals surface area contributed by atoms with Crippen molar-refractivity contribution < 1.29 is 9.53 Å². The largest absolute Gasteiger partial charge is 0.395 e. The summed E-state index contributed by atoms with van der Waals surface area (Å²) in [6, 6.07) is -0.0777. The normalized spacial score (nSPS) is 12.8. The van der Waals surface area contributed by atoms with Gasteiger partial charge in [-0.25, -0.2) is 0 Å². The SMILES string of the molecule is COCC(C)NC(=O)c1n[nH]c(C(C)C)c1N. The first-order chi connectivity index (χ1) is 7.97. The summed E-state index contributed by atoms with van der Waals surface area (Å²) in [6.45, 7) is 6.28. The molecule has 0 bridgehead atoms. The van der Waals surface area contributed by atoms with Crippen LogP contribution in [0.5, 0.6) is 0 Å². The summed E-state index contributed by atoms with van der Waals surface area (Å²) in [5.41, 5.74) is 7.32. The van der Waals surface area contributed by atoms with Gasteiger partial charge in [0.1, 0.15) is 0 Å². The van der Waals surface area contributed by atoms with E-state index in [-0.39, 0.29) is 23.6 Å². The van der Waals surface area contributed by atoms with Gasteiger partial charge in [-0.1, -0.05) is 13.8 Å². The minimum Gasteiger partial charge on any atom is -0.395 e. The molecule has 6 nitrogen and oxygen atoms in total. The Kier molecular flexibility index (Phi) is 4.51. The number of nitrogens with one attached hydrogen (secondary N) is 2. The first-order valence-corrected chi connectivity index (χ1v) is 5.60. The number of ether oxygens (including phenoxy) is 1. The van der Waals surface area contributed by atoms with E-state index in [2.05, 4.69) is 15.5 Å². The van der Waals surface area contributed by atoms with Gasteiger partial charge in [0.05, 0.1) is 18.0 Å². The maximum Gasteiger partial charge on any atom is 0.274 e. The molecule has 0 aliphatic heterocycles. The van der Waals surface area contributed by atoms with Crippen LogP contribution in [0.2, 0.25) is 0 Å². The highest BCUT2D eigenvalue weighted by Crippen LogP contribution is 2.21. The molecule has 4 N–H and O–H groups in total. The molecule has 0 spiro atoms. The molecule has 1 rings (SSSR count). The summed E-state index contributed by atoms with van der Waals surface area (Å²) in [6.07, 6.45) is 0. The summed E-state index contributed by atoms with van der Waals surface area (Å²) in [5.74, 6) is -0.0735. The van der Waals surface area contributed by atoms with Crippen molar-refractivity contribution in [1.29, 1.82) is 0 Å². The molecule has 1 heterocycles. The standard InChI is InChI=1S/C11H20N4O2/c1-6(2)9-8(12)10(15-14-9)11(16)13-7(3)5-17-4/h6-7H,5,12H2,1-4H3,(H,13,16)(H,14,15). The van der Waals surface area contributed by atoms with Gasteiger partial charge in [0, 0.05) is 13.2 Å². The fraction of sp³-hybridized carbons (Fsp3) is 0.636. The van der Waals surface area contributed by atoms with E-state index in [1.54, 1.807) is 7.11 Å². The number of nitrogens with two attached hydrogens (primary N) is 1. The lowest BCUT2D eigenvalue weighted by atomic mass is 10.1. The topological polar surface area (TPSA) is 93.0 Å². The molecule has 1 atom stereocenters. The number of methoxy groups -OCH3 is 1. The molecule has 1 aromatic heterocycles. The third kappa shape index (κ3) is 3.20. The Bertz CT molecular complexity index is 387. The van der Waals surface area contributed by atoms with E-state index in [0.29, 0.717) is 12.3 Å². The molecule has 0 radical (unpaired) electrons. The van der Waals surface area contributed by atoms with E-state index < -0.39 is 0 Å². The molecule has 0 aliphatic rings. The van der Waals surface area contributed by atoms with Gasteiger partial charge in [-0.05, 0) is 12.8 Å². The molecule has 0 aromatic carbocycles. The monoisotopic (exact) mass is 240 g/mol. The fourth-order valence-corrected chi connectivity index (χ4v) is 1.56. The quantitative estimate of drug-likeness (QED) is 0.712. The molecule has 0 aliphatic carbocycles. The van der Waals surface area contributed by atoms with Gasteiger partial charge in [-0.3, -0.25) is 9.89 Å². The van der Waals surface area contributed by atoms with Crippen LogP contribution in [0.1, 0.15) is 42.9 Å². The fourth-order valence-electron chi connectivity index (χ4n) is 1.56. The second-order valence-electron chi connectivity index (χ2n) is 4.38. The van der Waals surface area contributed by atoms with Gasteiger partial charge >= 0.3 is 0 Å². The van der Waals surface area contributed by atoms with Crippen LogP contribution in [-0.4, -0.2) is 35.9 Å². The smallest absolute Gasteiger partial charge is 0.274 e. The van der Waals surface area contributed by atoms with Gasteiger partial charge in [-0.15, -0.1) is 0 Å². The minimum absolute atomic E-state index is 0.0777. The first kappa shape index (κ1) is 13.5. The maximum absolute atomic E-state index is 11.9. The Morgan fingerprint density at radius 2 is 2.18 bits per heavy atom. The number of amides is 1. The van der Waals surface area contributed by atoms with Crippen LogP contribution in [0, 0.1) is 0 Å². The average molecular weight is 240 g/mol. The highest BCUT2D eigenvalue weighted by Gasteiger charge is 2.19. The average Bonchev–Trinajstić information content (AvgIpc) is 2.60. The van der Waals surface area contributed by atoms with Crippen molar-refractivity contribution in [3.8, 4) is 0 Å². The van der Waals surface area contributed by atoms with Crippen molar-refractivity contribution >= 4 is 11.6 Å². The number of carbonyl (C=O) groups excluding carboxylic acids is 1. The van der Waals surface area contributed by atoms with Gasteiger partial charge in [-0.2, -0.15) is 5.10 Å². The number of aromatic amines is 1. The Hall–Kier alpha value is -1.56. The number of nitrogens with zero attached hydrogens (tertiary/aromatic N) is 1. The van der Waals surface area contributed by atoms with Crippen LogP contribution < -0.4 is 11.1 Å². The van der Waals surface area contributed by atoms with Crippen molar-refractivity contribution in [2.24, 2.45) is 0 Å². The van der Waals surface area contributed by atoms with Crippen molar-refractivity contribution in [2.45, 2.75) is 32.7 Å². The zero-order valence-electron chi connectivity index (χ0n) is 10.7. The third-order valence-electron chi connectivity index (χ3n) is 2.42. The summed E-state index contributed by atoms with van der Waals surface area (Å²) < 4.78 is 4.94. The summed E-state index contributed by atoms with van der Waals surface area (Å²) in [7, 11) is 1.59. The molecule has 1 aromatic rings. The van der Waals surface area contributed by atoms with E-state index in [4.69, 9.17) is 10.5 Å². The Balaban J connectivity index is 2.76. The van der Waals surface area contributed by atoms with Crippen LogP contribution in [0.4, 0.5) is 5.69 Å². The number of anilines is 1. The van der Waals surface area contributed by atoms with E-state index in [1.807, 2.05) is 20.8 Å². The maximum atomic E-state index is 11.9. The molecular formula is C11H20N4O2. The number of nitrogen functional groups attached to an aromatic ring is 1. The highest BCUT2D eigenvalue weighted by molar-refractivity contribution is 5.97. The van der Waals surface area contributed by atoms with Gasteiger partial charge in [0.15, 0.2) is 5.69 Å². The number of aromatic nitrogens is 2. The summed E-state index contributed by atoms with van der Waals surface area (Å²) in [4.78, 5) is 11.9. The number of carbonyl (C=O) groups is 1. The lowest BCUT2D eigenvalue weighted by Crippen LogP contribution is -2.36. The molecule has 0 saturated heterocycles. The van der Waals surface area contributed by atoms with Crippen molar-refractivity contribution in [3.63, 3.8) is 0 Å².